The van der Waals surface area contributed by atoms with Crippen molar-refractivity contribution in [3.63, 3.8) is 0 Å². The molecule has 1 aliphatic heterocycles. The van der Waals surface area contributed by atoms with E-state index in [0.717, 1.165) is 6.42 Å². The molecule has 1 heterocycles. The van der Waals surface area contributed by atoms with Crippen molar-refractivity contribution >= 4 is 11.9 Å². The van der Waals surface area contributed by atoms with Crippen LogP contribution in [0.3, 0.4) is 0 Å². The monoisotopic (exact) mass is 293 g/mol. The summed E-state index contributed by atoms with van der Waals surface area (Å²) in [5.41, 5.74) is 0.363. The van der Waals surface area contributed by atoms with Crippen LogP contribution in [0.4, 0.5) is 0 Å². The molecule has 0 saturated carbocycles. The van der Waals surface area contributed by atoms with Gasteiger partial charge in [-0.2, -0.15) is 0 Å². The Morgan fingerprint density at radius 1 is 1.29 bits per heavy atom. The quantitative estimate of drug-likeness (QED) is 0.865. The van der Waals surface area contributed by atoms with Gasteiger partial charge in [0.15, 0.2) is 11.5 Å². The number of carboxylic acids is 1. The molecule has 21 heavy (non-hydrogen) atoms. The number of amides is 1. The zero-order chi connectivity index (χ0) is 15.2. The van der Waals surface area contributed by atoms with E-state index in [9.17, 15) is 9.59 Å². The van der Waals surface area contributed by atoms with Crippen molar-refractivity contribution in [1.82, 2.24) is 5.32 Å². The van der Waals surface area contributed by atoms with Crippen LogP contribution in [0, 0.1) is 0 Å². The molecule has 1 aromatic carbocycles. The van der Waals surface area contributed by atoms with E-state index in [1.165, 1.54) is 0 Å². The molecule has 6 nitrogen and oxygen atoms in total. The van der Waals surface area contributed by atoms with Crippen molar-refractivity contribution in [2.24, 2.45) is 0 Å². The maximum atomic E-state index is 12.1. The van der Waals surface area contributed by atoms with Crippen LogP contribution in [0.2, 0.25) is 0 Å². The van der Waals surface area contributed by atoms with Gasteiger partial charge in [0.25, 0.3) is 5.91 Å². The van der Waals surface area contributed by atoms with Gasteiger partial charge in [-0.25, -0.2) is 4.79 Å². The second kappa shape index (κ2) is 6.97. The number of carbonyl (C=O) groups excluding carboxylic acids is 1. The standard InChI is InChI=1S/C15H19NO5/c1-2-4-11(15(18)19)16-14(17)10-5-6-12-13(9-10)21-8-3-7-20-12/h5-6,9,11H,2-4,7-8H2,1H3,(H,16,17)(H,18,19)/t11-/m0/s1. The van der Waals surface area contributed by atoms with E-state index in [0.29, 0.717) is 43.1 Å². The van der Waals surface area contributed by atoms with E-state index in [1.54, 1.807) is 18.2 Å². The summed E-state index contributed by atoms with van der Waals surface area (Å²) in [6.45, 7) is 2.98. The number of carbonyl (C=O) groups is 2. The lowest BCUT2D eigenvalue weighted by Crippen LogP contribution is -2.40. The molecule has 1 atom stereocenters. The highest BCUT2D eigenvalue weighted by atomic mass is 16.5. The number of benzene rings is 1. The lowest BCUT2D eigenvalue weighted by Gasteiger charge is -2.14. The summed E-state index contributed by atoms with van der Waals surface area (Å²) in [6, 6.07) is 3.98. The molecular weight excluding hydrogens is 274 g/mol. The van der Waals surface area contributed by atoms with Gasteiger partial charge in [-0.05, 0) is 24.6 Å². The fourth-order valence-electron chi connectivity index (χ4n) is 2.09. The van der Waals surface area contributed by atoms with Crippen LogP contribution >= 0.6 is 0 Å². The normalized spacial score (nSPS) is 14.9. The predicted octanol–water partition coefficient (Wildman–Crippen LogP) is 1.83. The van der Waals surface area contributed by atoms with Crippen molar-refractivity contribution in [2.45, 2.75) is 32.2 Å². The number of nitrogens with one attached hydrogen (secondary N) is 1. The summed E-state index contributed by atoms with van der Waals surface area (Å²) >= 11 is 0. The van der Waals surface area contributed by atoms with Crippen LogP contribution in [0.5, 0.6) is 11.5 Å². The topological polar surface area (TPSA) is 84.9 Å². The highest BCUT2D eigenvalue weighted by Gasteiger charge is 2.21. The van der Waals surface area contributed by atoms with E-state index >= 15 is 0 Å². The SMILES string of the molecule is CCC[C@H](NC(=O)c1ccc2c(c1)OCCCO2)C(=O)O. The van der Waals surface area contributed by atoms with E-state index in [-0.39, 0.29) is 0 Å². The Labute approximate surface area is 123 Å². The van der Waals surface area contributed by atoms with Gasteiger partial charge in [-0.3, -0.25) is 4.79 Å². The molecule has 0 aliphatic carbocycles. The summed E-state index contributed by atoms with van der Waals surface area (Å²) < 4.78 is 11.0. The van der Waals surface area contributed by atoms with Gasteiger partial charge in [0.2, 0.25) is 0 Å². The van der Waals surface area contributed by atoms with Crippen molar-refractivity contribution in [3.8, 4) is 11.5 Å². The summed E-state index contributed by atoms with van der Waals surface area (Å²) in [5.74, 6) is -0.332. The van der Waals surface area contributed by atoms with Gasteiger partial charge in [-0.15, -0.1) is 0 Å². The highest BCUT2D eigenvalue weighted by Crippen LogP contribution is 2.30. The molecule has 0 bridgehead atoms. The summed E-state index contributed by atoms with van der Waals surface area (Å²) in [5, 5.41) is 11.6. The van der Waals surface area contributed by atoms with Gasteiger partial charge in [-0.1, -0.05) is 13.3 Å². The van der Waals surface area contributed by atoms with Gasteiger partial charge >= 0.3 is 5.97 Å². The molecule has 0 radical (unpaired) electrons. The van der Waals surface area contributed by atoms with Crippen molar-refractivity contribution in [2.75, 3.05) is 13.2 Å². The number of carboxylic acid groups (broad SMARTS) is 1. The Balaban J connectivity index is 2.12. The Bertz CT molecular complexity index is 529. The van der Waals surface area contributed by atoms with Crippen LogP contribution in [0.1, 0.15) is 36.5 Å². The first-order valence-corrected chi connectivity index (χ1v) is 7.05. The number of hydrogen-bond donors (Lipinski definition) is 2. The third kappa shape index (κ3) is 3.87. The second-order valence-electron chi connectivity index (χ2n) is 4.86. The number of aliphatic carboxylic acids is 1. The molecule has 0 saturated heterocycles. The molecule has 2 rings (SSSR count). The summed E-state index contributed by atoms with van der Waals surface area (Å²) in [7, 11) is 0. The van der Waals surface area contributed by atoms with Gasteiger partial charge in [0, 0.05) is 12.0 Å². The molecule has 114 valence electrons. The van der Waals surface area contributed by atoms with Crippen LogP contribution in [-0.4, -0.2) is 36.2 Å². The van der Waals surface area contributed by atoms with Gasteiger partial charge < -0.3 is 19.9 Å². The van der Waals surface area contributed by atoms with E-state index in [1.807, 2.05) is 6.92 Å². The number of ether oxygens (including phenoxy) is 2. The van der Waals surface area contributed by atoms with E-state index in [2.05, 4.69) is 5.32 Å². The molecule has 1 aliphatic rings. The number of rotatable bonds is 5. The minimum atomic E-state index is -1.03. The first-order valence-electron chi connectivity index (χ1n) is 7.05. The smallest absolute Gasteiger partial charge is 0.326 e. The minimum Gasteiger partial charge on any atom is -0.490 e. The Morgan fingerprint density at radius 3 is 2.67 bits per heavy atom. The lowest BCUT2D eigenvalue weighted by molar-refractivity contribution is -0.139. The Kier molecular flexibility index (Phi) is 5.03. The van der Waals surface area contributed by atoms with Gasteiger partial charge in [0.1, 0.15) is 6.04 Å². The highest BCUT2D eigenvalue weighted by molar-refractivity contribution is 5.97. The molecule has 1 amide bonds. The van der Waals surface area contributed by atoms with Crippen molar-refractivity contribution in [3.05, 3.63) is 23.8 Å². The molecule has 0 aromatic heterocycles. The minimum absolute atomic E-state index is 0.363. The van der Waals surface area contributed by atoms with Crippen LogP contribution in [0.25, 0.3) is 0 Å². The summed E-state index contributed by atoms with van der Waals surface area (Å²) in [6.07, 6.45) is 1.86. The average Bonchev–Trinajstić information content (AvgIpc) is 2.70. The molecule has 2 N–H and O–H groups in total. The van der Waals surface area contributed by atoms with Crippen LogP contribution < -0.4 is 14.8 Å². The Morgan fingerprint density at radius 2 is 2.00 bits per heavy atom. The molecule has 1 aromatic rings. The third-order valence-corrected chi connectivity index (χ3v) is 3.19. The first-order chi connectivity index (χ1) is 10.1. The van der Waals surface area contributed by atoms with E-state index in [4.69, 9.17) is 14.6 Å². The number of hydrogen-bond acceptors (Lipinski definition) is 4. The second-order valence-corrected chi connectivity index (χ2v) is 4.86. The fourth-order valence-corrected chi connectivity index (χ4v) is 2.09. The van der Waals surface area contributed by atoms with Gasteiger partial charge in [0.05, 0.1) is 13.2 Å². The molecular formula is C15H19NO5. The number of fused-ring (bicyclic) bond motifs is 1. The zero-order valence-electron chi connectivity index (χ0n) is 11.9. The first kappa shape index (κ1) is 15.2. The molecule has 0 fully saturated rings. The molecule has 0 spiro atoms. The largest absolute Gasteiger partial charge is 0.490 e. The summed E-state index contributed by atoms with van der Waals surface area (Å²) in [4.78, 5) is 23.2. The average molecular weight is 293 g/mol. The fraction of sp³-hybridized carbons (Fsp3) is 0.467. The Hall–Kier alpha value is -2.24. The van der Waals surface area contributed by atoms with E-state index < -0.39 is 17.9 Å². The zero-order valence-corrected chi connectivity index (χ0v) is 11.9. The van der Waals surface area contributed by atoms with Crippen LogP contribution in [0.15, 0.2) is 18.2 Å². The molecule has 6 heteroatoms. The van der Waals surface area contributed by atoms with Crippen molar-refractivity contribution < 1.29 is 24.2 Å². The lowest BCUT2D eigenvalue weighted by atomic mass is 10.1. The third-order valence-electron chi connectivity index (χ3n) is 3.19. The maximum absolute atomic E-state index is 12.1. The van der Waals surface area contributed by atoms with Crippen LogP contribution in [-0.2, 0) is 4.79 Å². The molecule has 0 unspecified atom stereocenters. The maximum Gasteiger partial charge on any atom is 0.326 e. The van der Waals surface area contributed by atoms with Crippen molar-refractivity contribution in [1.29, 1.82) is 0 Å². The predicted molar refractivity (Wildman–Crippen MR) is 75.8 cm³/mol.